The number of rotatable bonds is 3. The molecule has 0 aliphatic carbocycles. The van der Waals surface area contributed by atoms with Gasteiger partial charge in [0.25, 0.3) is 0 Å². The van der Waals surface area contributed by atoms with Crippen LogP contribution in [0.3, 0.4) is 0 Å². The lowest BCUT2D eigenvalue weighted by molar-refractivity contribution is -0.0499. The van der Waals surface area contributed by atoms with Gasteiger partial charge in [0.05, 0.1) is 4.70 Å². The van der Waals surface area contributed by atoms with E-state index < -0.39 is 15.6 Å². The van der Waals surface area contributed by atoms with Gasteiger partial charge in [0.1, 0.15) is 5.75 Å². The summed E-state index contributed by atoms with van der Waals surface area (Å²) < 4.78 is 64.9. The van der Waals surface area contributed by atoms with Crippen molar-refractivity contribution in [3.05, 3.63) is 47.3 Å². The first-order valence-corrected chi connectivity index (χ1v) is 9.14. The number of aromatic hydroxyl groups is 1. The molecule has 0 radical (unpaired) electrons. The Balaban J connectivity index is 2.16. The number of halogens is 3. The zero-order valence-electron chi connectivity index (χ0n) is 12.7. The molecule has 3 aromatic rings. The summed E-state index contributed by atoms with van der Waals surface area (Å²) in [5.41, 5.74) is -4.08. The van der Waals surface area contributed by atoms with E-state index in [1.54, 1.807) is 25.1 Å². The van der Waals surface area contributed by atoms with E-state index in [-0.39, 0.29) is 11.5 Å². The van der Waals surface area contributed by atoms with Crippen molar-refractivity contribution in [3.8, 4) is 22.6 Å². The molecule has 0 amide bonds. The van der Waals surface area contributed by atoms with E-state index in [4.69, 9.17) is 0 Å². The van der Waals surface area contributed by atoms with Gasteiger partial charge >= 0.3 is 15.6 Å². The van der Waals surface area contributed by atoms with Gasteiger partial charge in [-0.15, -0.1) is 11.3 Å². The Morgan fingerprint density at radius 2 is 1.72 bits per heavy atom. The van der Waals surface area contributed by atoms with Crippen LogP contribution in [-0.4, -0.2) is 19.0 Å². The molecule has 25 heavy (non-hydrogen) atoms. The number of aryl methyl sites for hydroxylation is 1. The lowest BCUT2D eigenvalue weighted by Crippen LogP contribution is -2.28. The Morgan fingerprint density at radius 3 is 2.32 bits per heavy atom. The van der Waals surface area contributed by atoms with Gasteiger partial charge in [0, 0.05) is 10.3 Å². The summed E-state index contributed by atoms with van der Waals surface area (Å²) in [5, 5.41) is 9.95. The number of hydrogen-bond acceptors (Lipinski definition) is 5. The number of thiophene rings is 1. The summed E-state index contributed by atoms with van der Waals surface area (Å²) >= 11 is 1.14. The maximum atomic E-state index is 12.6. The van der Waals surface area contributed by atoms with Crippen LogP contribution in [0.15, 0.2) is 42.5 Å². The molecule has 1 aromatic heterocycles. The first-order valence-electron chi connectivity index (χ1n) is 6.92. The molecule has 4 nitrogen and oxygen atoms in total. The van der Waals surface area contributed by atoms with E-state index in [2.05, 4.69) is 4.18 Å². The molecular formula is C16H11F3O4S2. The molecule has 0 unspecified atom stereocenters. The highest BCUT2D eigenvalue weighted by atomic mass is 32.2. The molecule has 2 aromatic carbocycles. The minimum atomic E-state index is -5.74. The van der Waals surface area contributed by atoms with Crippen LogP contribution in [-0.2, 0) is 10.1 Å². The molecular weight excluding hydrogens is 377 g/mol. The van der Waals surface area contributed by atoms with E-state index in [1.807, 2.05) is 0 Å². The van der Waals surface area contributed by atoms with Crippen molar-refractivity contribution in [3.63, 3.8) is 0 Å². The molecule has 1 heterocycles. The standard InChI is InChI=1S/C16H11F3O4S2/c1-9-8-13-12(10-2-4-11(20)5-3-10)6-7-14(15(13)24-9)23-25(21,22)16(17,18)19/h2-8,20H,1H3. The second-order valence-corrected chi connectivity index (χ2v) is 8.04. The van der Waals surface area contributed by atoms with Crippen molar-refractivity contribution in [2.75, 3.05) is 0 Å². The Hall–Kier alpha value is -2.26. The van der Waals surface area contributed by atoms with Crippen molar-refractivity contribution < 1.29 is 30.9 Å². The van der Waals surface area contributed by atoms with Gasteiger partial charge in [-0.05, 0) is 48.4 Å². The molecule has 0 aliphatic heterocycles. The monoisotopic (exact) mass is 388 g/mol. The van der Waals surface area contributed by atoms with E-state index in [0.717, 1.165) is 21.8 Å². The largest absolute Gasteiger partial charge is 0.534 e. The molecule has 9 heteroatoms. The minimum Gasteiger partial charge on any atom is -0.508 e. The molecule has 0 spiro atoms. The average Bonchev–Trinajstić information content (AvgIpc) is 2.89. The van der Waals surface area contributed by atoms with Crippen LogP contribution >= 0.6 is 11.3 Å². The molecule has 132 valence electrons. The van der Waals surface area contributed by atoms with Crippen molar-refractivity contribution in [2.45, 2.75) is 12.4 Å². The van der Waals surface area contributed by atoms with E-state index in [0.29, 0.717) is 15.6 Å². The van der Waals surface area contributed by atoms with Crippen LogP contribution in [0.25, 0.3) is 21.2 Å². The van der Waals surface area contributed by atoms with Gasteiger partial charge in [0.2, 0.25) is 0 Å². The van der Waals surface area contributed by atoms with Crippen LogP contribution in [0.4, 0.5) is 13.2 Å². The second-order valence-electron chi connectivity index (χ2n) is 5.24. The highest BCUT2D eigenvalue weighted by molar-refractivity contribution is 7.88. The Morgan fingerprint density at radius 1 is 1.08 bits per heavy atom. The van der Waals surface area contributed by atoms with Crippen LogP contribution in [0.1, 0.15) is 4.88 Å². The van der Waals surface area contributed by atoms with Gasteiger partial charge in [-0.2, -0.15) is 21.6 Å². The van der Waals surface area contributed by atoms with Gasteiger partial charge in [-0.3, -0.25) is 0 Å². The maximum Gasteiger partial charge on any atom is 0.534 e. The summed E-state index contributed by atoms with van der Waals surface area (Å²) in [6.45, 7) is 1.76. The van der Waals surface area contributed by atoms with Crippen LogP contribution in [0.5, 0.6) is 11.5 Å². The van der Waals surface area contributed by atoms with Gasteiger partial charge in [-0.1, -0.05) is 12.1 Å². The zero-order chi connectivity index (χ0) is 18.4. The fourth-order valence-corrected chi connectivity index (χ4v) is 3.86. The van der Waals surface area contributed by atoms with Crippen LogP contribution in [0.2, 0.25) is 0 Å². The number of hydrogen-bond donors (Lipinski definition) is 1. The number of benzene rings is 2. The summed E-state index contributed by atoms with van der Waals surface area (Å²) in [6.07, 6.45) is 0. The lowest BCUT2D eigenvalue weighted by Gasteiger charge is -2.11. The molecule has 0 aliphatic rings. The highest BCUT2D eigenvalue weighted by Crippen LogP contribution is 2.41. The van der Waals surface area contributed by atoms with Crippen LogP contribution < -0.4 is 4.18 Å². The zero-order valence-corrected chi connectivity index (χ0v) is 14.3. The predicted octanol–water partition coefficient (Wildman–Crippen LogP) is 4.81. The van der Waals surface area contributed by atoms with Gasteiger partial charge < -0.3 is 9.29 Å². The first-order chi connectivity index (χ1) is 11.6. The van der Waals surface area contributed by atoms with Gasteiger partial charge in [0.15, 0.2) is 5.75 Å². The predicted molar refractivity (Wildman–Crippen MR) is 89.3 cm³/mol. The quantitative estimate of drug-likeness (QED) is 0.517. The fourth-order valence-electron chi connectivity index (χ4n) is 2.35. The van der Waals surface area contributed by atoms with Crippen molar-refractivity contribution in [1.29, 1.82) is 0 Å². The SMILES string of the molecule is Cc1cc2c(-c3ccc(O)cc3)ccc(OS(=O)(=O)C(F)(F)F)c2s1. The minimum absolute atomic E-state index is 0.0812. The molecule has 1 N–H and O–H groups in total. The van der Waals surface area contributed by atoms with Crippen molar-refractivity contribution in [1.82, 2.24) is 0 Å². The van der Waals surface area contributed by atoms with Crippen LogP contribution in [0, 0.1) is 6.92 Å². The number of phenols is 1. The summed E-state index contributed by atoms with van der Waals surface area (Å²) in [7, 11) is -5.74. The second kappa shape index (κ2) is 5.92. The number of phenolic OH excluding ortho intramolecular Hbond substituents is 1. The third kappa shape index (κ3) is 3.29. The van der Waals surface area contributed by atoms with E-state index >= 15 is 0 Å². The van der Waals surface area contributed by atoms with E-state index in [1.165, 1.54) is 24.3 Å². The molecule has 0 fully saturated rings. The highest BCUT2D eigenvalue weighted by Gasteiger charge is 2.48. The first kappa shape index (κ1) is 17.6. The third-order valence-electron chi connectivity index (χ3n) is 3.43. The normalized spacial score (nSPS) is 12.5. The van der Waals surface area contributed by atoms with Crippen molar-refractivity contribution in [2.24, 2.45) is 0 Å². The molecule has 3 rings (SSSR count). The fraction of sp³-hybridized carbons (Fsp3) is 0.125. The third-order valence-corrected chi connectivity index (χ3v) is 5.46. The summed E-state index contributed by atoms with van der Waals surface area (Å²) in [6, 6.07) is 10.7. The molecule has 0 bridgehead atoms. The molecule has 0 atom stereocenters. The Kier molecular flexibility index (Phi) is 4.16. The van der Waals surface area contributed by atoms with E-state index in [9.17, 15) is 26.7 Å². The number of alkyl halides is 3. The average molecular weight is 388 g/mol. The topological polar surface area (TPSA) is 63.6 Å². The summed E-state index contributed by atoms with van der Waals surface area (Å²) in [4.78, 5) is 0.787. The smallest absolute Gasteiger partial charge is 0.508 e. The molecule has 0 saturated heterocycles. The maximum absolute atomic E-state index is 12.6. The van der Waals surface area contributed by atoms with Crippen molar-refractivity contribution >= 4 is 31.5 Å². The van der Waals surface area contributed by atoms with Gasteiger partial charge in [-0.25, -0.2) is 0 Å². The Labute approximate surface area is 145 Å². The number of fused-ring (bicyclic) bond motifs is 1. The lowest BCUT2D eigenvalue weighted by atomic mass is 10.0. The Bertz CT molecular complexity index is 1040. The summed E-state index contributed by atoms with van der Waals surface area (Å²) in [5.74, 6) is -0.286. The molecule has 0 saturated carbocycles.